The van der Waals surface area contributed by atoms with E-state index < -0.39 is 0 Å². The molecule has 1 aromatic heterocycles. The number of nitrogens with one attached hydrogen (secondary N) is 1. The normalized spacial score (nSPS) is 9.57. The molecule has 0 aliphatic carbocycles. The minimum atomic E-state index is -0.287. The second kappa shape index (κ2) is 5.59. The molecular formula is C9H11BrN2O2. The number of halogens is 1. The maximum atomic E-state index is 11.0. The Morgan fingerprint density at radius 2 is 2.50 bits per heavy atom. The van der Waals surface area contributed by atoms with Gasteiger partial charge in [-0.05, 0) is 35.0 Å². The van der Waals surface area contributed by atoms with Gasteiger partial charge in [0.15, 0.2) is 0 Å². The molecule has 0 unspecified atom stereocenters. The van der Waals surface area contributed by atoms with Crippen molar-refractivity contribution in [2.24, 2.45) is 0 Å². The Hall–Kier alpha value is -1.10. The molecule has 0 fully saturated rings. The lowest BCUT2D eigenvalue weighted by atomic mass is 10.4. The number of hydrogen-bond donors (Lipinski definition) is 1. The lowest BCUT2D eigenvalue weighted by Crippen LogP contribution is -2.17. The zero-order valence-electron chi connectivity index (χ0n) is 7.79. The van der Waals surface area contributed by atoms with E-state index in [4.69, 9.17) is 4.74 Å². The first-order chi connectivity index (χ1) is 6.74. The predicted octanol–water partition coefficient (Wildman–Crippen LogP) is 1.82. The highest BCUT2D eigenvalue weighted by Gasteiger charge is 2.03. The molecule has 1 N–H and O–H groups in total. The molecule has 1 rings (SSSR count). The molecule has 0 radical (unpaired) electrons. The Labute approximate surface area is 90.8 Å². The molecule has 1 aromatic rings. The van der Waals surface area contributed by atoms with Crippen LogP contribution in [0, 0.1) is 0 Å². The van der Waals surface area contributed by atoms with E-state index in [2.05, 4.69) is 26.2 Å². The van der Waals surface area contributed by atoms with Gasteiger partial charge in [0, 0.05) is 6.20 Å². The first-order valence-corrected chi connectivity index (χ1v) is 5.03. The van der Waals surface area contributed by atoms with Crippen molar-refractivity contribution in [2.75, 3.05) is 18.5 Å². The highest BCUT2D eigenvalue weighted by Crippen LogP contribution is 2.17. The minimum absolute atomic E-state index is 0.128. The van der Waals surface area contributed by atoms with Crippen LogP contribution in [-0.4, -0.2) is 24.1 Å². The van der Waals surface area contributed by atoms with Gasteiger partial charge in [0.05, 0.1) is 11.1 Å². The first kappa shape index (κ1) is 11.0. The standard InChI is InChI=1S/C9H11BrN2O2/c1-2-14-8(13)6-12-9-7(10)4-3-5-11-9/h3-5H,2,6H2,1H3,(H,11,12). The molecule has 0 aliphatic heterocycles. The number of ether oxygens (including phenoxy) is 1. The van der Waals surface area contributed by atoms with Gasteiger partial charge in [-0.2, -0.15) is 0 Å². The van der Waals surface area contributed by atoms with Crippen molar-refractivity contribution < 1.29 is 9.53 Å². The van der Waals surface area contributed by atoms with Crippen molar-refractivity contribution in [3.05, 3.63) is 22.8 Å². The summed E-state index contributed by atoms with van der Waals surface area (Å²) in [6.45, 7) is 2.29. The molecule has 76 valence electrons. The number of nitrogens with zero attached hydrogens (tertiary/aromatic N) is 1. The smallest absolute Gasteiger partial charge is 0.325 e. The van der Waals surface area contributed by atoms with E-state index in [0.717, 1.165) is 4.47 Å². The fraction of sp³-hybridized carbons (Fsp3) is 0.333. The van der Waals surface area contributed by atoms with Crippen molar-refractivity contribution in [2.45, 2.75) is 6.92 Å². The van der Waals surface area contributed by atoms with Gasteiger partial charge in [-0.1, -0.05) is 0 Å². The van der Waals surface area contributed by atoms with Crippen LogP contribution in [0.15, 0.2) is 22.8 Å². The quantitative estimate of drug-likeness (QED) is 0.838. The summed E-state index contributed by atoms with van der Waals surface area (Å²) in [6.07, 6.45) is 1.65. The zero-order chi connectivity index (χ0) is 10.4. The highest BCUT2D eigenvalue weighted by atomic mass is 79.9. The summed E-state index contributed by atoms with van der Waals surface area (Å²) < 4.78 is 5.58. The molecule has 0 aliphatic rings. The average Bonchev–Trinajstić information content (AvgIpc) is 2.17. The van der Waals surface area contributed by atoms with Crippen molar-refractivity contribution >= 4 is 27.7 Å². The van der Waals surface area contributed by atoms with E-state index in [1.165, 1.54) is 0 Å². The Morgan fingerprint density at radius 3 is 3.14 bits per heavy atom. The van der Waals surface area contributed by atoms with Crippen LogP contribution in [0.2, 0.25) is 0 Å². The third-order valence-corrected chi connectivity index (χ3v) is 2.10. The fourth-order valence-corrected chi connectivity index (χ4v) is 1.28. The van der Waals surface area contributed by atoms with Crippen LogP contribution in [0.3, 0.4) is 0 Å². The van der Waals surface area contributed by atoms with Crippen LogP contribution in [-0.2, 0) is 9.53 Å². The molecule has 4 nitrogen and oxygen atoms in total. The molecule has 0 atom stereocenters. The van der Waals surface area contributed by atoms with E-state index >= 15 is 0 Å². The summed E-state index contributed by atoms with van der Waals surface area (Å²) in [5.74, 6) is 0.352. The second-order valence-corrected chi connectivity index (χ2v) is 3.35. The zero-order valence-corrected chi connectivity index (χ0v) is 9.37. The van der Waals surface area contributed by atoms with Crippen LogP contribution in [0.4, 0.5) is 5.82 Å². The van der Waals surface area contributed by atoms with E-state index in [1.54, 1.807) is 19.2 Å². The highest BCUT2D eigenvalue weighted by molar-refractivity contribution is 9.10. The van der Waals surface area contributed by atoms with Gasteiger partial charge >= 0.3 is 5.97 Å². The number of hydrogen-bond acceptors (Lipinski definition) is 4. The molecule has 1 heterocycles. The van der Waals surface area contributed by atoms with Gasteiger partial charge in [0.1, 0.15) is 12.4 Å². The number of anilines is 1. The number of aromatic nitrogens is 1. The molecule has 0 saturated heterocycles. The van der Waals surface area contributed by atoms with Crippen LogP contribution >= 0.6 is 15.9 Å². The second-order valence-electron chi connectivity index (χ2n) is 2.49. The molecule has 5 heteroatoms. The molecule has 0 spiro atoms. The summed E-state index contributed by atoms with van der Waals surface area (Å²) in [5, 5.41) is 2.86. The summed E-state index contributed by atoms with van der Waals surface area (Å²) >= 11 is 3.31. The van der Waals surface area contributed by atoms with E-state index in [-0.39, 0.29) is 12.5 Å². The van der Waals surface area contributed by atoms with E-state index in [9.17, 15) is 4.79 Å². The topological polar surface area (TPSA) is 51.2 Å². The van der Waals surface area contributed by atoms with Crippen molar-refractivity contribution in [3.63, 3.8) is 0 Å². The monoisotopic (exact) mass is 258 g/mol. The lowest BCUT2D eigenvalue weighted by molar-refractivity contribution is -0.140. The Balaban J connectivity index is 2.46. The average molecular weight is 259 g/mol. The summed E-state index contributed by atoms with van der Waals surface area (Å²) in [4.78, 5) is 15.0. The van der Waals surface area contributed by atoms with Crippen LogP contribution in [0.5, 0.6) is 0 Å². The first-order valence-electron chi connectivity index (χ1n) is 4.24. The van der Waals surface area contributed by atoms with Crippen LogP contribution in [0.25, 0.3) is 0 Å². The number of pyridine rings is 1. The molecule has 0 amide bonds. The van der Waals surface area contributed by atoms with Gasteiger partial charge in [0.2, 0.25) is 0 Å². The Bertz CT molecular complexity index is 317. The van der Waals surface area contributed by atoms with Crippen molar-refractivity contribution in [1.82, 2.24) is 4.98 Å². The third-order valence-electron chi connectivity index (χ3n) is 1.46. The Kier molecular flexibility index (Phi) is 4.39. The maximum Gasteiger partial charge on any atom is 0.325 e. The number of esters is 1. The number of rotatable bonds is 4. The van der Waals surface area contributed by atoms with Crippen molar-refractivity contribution in [1.29, 1.82) is 0 Å². The SMILES string of the molecule is CCOC(=O)CNc1ncccc1Br. The van der Waals surface area contributed by atoms with Gasteiger partial charge in [-0.3, -0.25) is 4.79 Å². The fourth-order valence-electron chi connectivity index (χ4n) is 0.884. The van der Waals surface area contributed by atoms with Crippen LogP contribution in [0.1, 0.15) is 6.92 Å². The summed E-state index contributed by atoms with van der Waals surface area (Å²) in [6, 6.07) is 3.65. The van der Waals surface area contributed by atoms with Gasteiger partial charge < -0.3 is 10.1 Å². The number of carbonyl (C=O) groups is 1. The van der Waals surface area contributed by atoms with Gasteiger partial charge in [0.25, 0.3) is 0 Å². The van der Waals surface area contributed by atoms with Gasteiger partial charge in [-0.25, -0.2) is 4.98 Å². The van der Waals surface area contributed by atoms with E-state index in [0.29, 0.717) is 12.4 Å². The maximum absolute atomic E-state index is 11.0. The molecule has 0 bridgehead atoms. The summed E-state index contributed by atoms with van der Waals surface area (Å²) in [7, 11) is 0. The molecule has 14 heavy (non-hydrogen) atoms. The van der Waals surface area contributed by atoms with E-state index in [1.807, 2.05) is 6.07 Å². The molecular weight excluding hydrogens is 248 g/mol. The predicted molar refractivity (Wildman–Crippen MR) is 57.1 cm³/mol. The van der Waals surface area contributed by atoms with Gasteiger partial charge in [-0.15, -0.1) is 0 Å². The lowest BCUT2D eigenvalue weighted by Gasteiger charge is -2.06. The minimum Gasteiger partial charge on any atom is -0.465 e. The largest absolute Gasteiger partial charge is 0.465 e. The number of carbonyl (C=O) groups excluding carboxylic acids is 1. The van der Waals surface area contributed by atoms with Crippen LogP contribution < -0.4 is 5.32 Å². The molecule has 0 aromatic carbocycles. The molecule has 0 saturated carbocycles. The third kappa shape index (κ3) is 3.33. The summed E-state index contributed by atoms with van der Waals surface area (Å²) in [5.41, 5.74) is 0. The Morgan fingerprint density at radius 1 is 1.71 bits per heavy atom. The van der Waals surface area contributed by atoms with Crippen molar-refractivity contribution in [3.8, 4) is 0 Å².